The molecular formula is C16H32N2O. The maximum atomic E-state index is 5.82. The molecule has 2 atom stereocenters. The molecule has 1 aliphatic carbocycles. The van der Waals surface area contributed by atoms with Crippen LogP contribution in [0.2, 0.25) is 0 Å². The maximum absolute atomic E-state index is 5.82. The number of nitrogens with zero attached hydrogens (tertiary/aromatic N) is 1. The Balaban J connectivity index is 1.97. The van der Waals surface area contributed by atoms with Crippen LogP contribution in [0.25, 0.3) is 0 Å². The molecule has 0 aromatic heterocycles. The van der Waals surface area contributed by atoms with E-state index >= 15 is 0 Å². The summed E-state index contributed by atoms with van der Waals surface area (Å²) < 4.78 is 5.82. The van der Waals surface area contributed by atoms with Crippen LogP contribution in [0.1, 0.15) is 47.0 Å². The van der Waals surface area contributed by atoms with Gasteiger partial charge >= 0.3 is 0 Å². The van der Waals surface area contributed by atoms with E-state index < -0.39 is 0 Å². The van der Waals surface area contributed by atoms with E-state index in [1.807, 2.05) is 0 Å². The normalized spacial score (nSPS) is 35.2. The second-order valence-electron chi connectivity index (χ2n) is 7.75. The lowest BCUT2D eigenvalue weighted by atomic mass is 9.68. The fourth-order valence-corrected chi connectivity index (χ4v) is 4.20. The molecule has 2 rings (SSSR count). The van der Waals surface area contributed by atoms with Crippen molar-refractivity contribution in [2.75, 3.05) is 33.3 Å². The number of ether oxygens (including phenoxy) is 1. The zero-order valence-corrected chi connectivity index (χ0v) is 13.5. The monoisotopic (exact) mass is 268 g/mol. The first-order valence-corrected chi connectivity index (χ1v) is 7.88. The van der Waals surface area contributed by atoms with E-state index in [0.717, 1.165) is 25.6 Å². The van der Waals surface area contributed by atoms with Gasteiger partial charge in [-0.25, -0.2) is 0 Å². The van der Waals surface area contributed by atoms with Gasteiger partial charge in [0.25, 0.3) is 0 Å². The third kappa shape index (κ3) is 3.71. The SMILES string of the molecule is CNC1C(CN2CCOC(C)(C)C2)CCCC1(C)C. The Morgan fingerprint density at radius 3 is 2.63 bits per heavy atom. The van der Waals surface area contributed by atoms with Crippen molar-refractivity contribution in [3.8, 4) is 0 Å². The first-order chi connectivity index (χ1) is 8.84. The van der Waals surface area contributed by atoms with E-state index in [0.29, 0.717) is 11.5 Å². The fourth-order valence-electron chi connectivity index (χ4n) is 4.20. The highest BCUT2D eigenvalue weighted by Gasteiger charge is 2.39. The molecule has 3 nitrogen and oxygen atoms in total. The Labute approximate surface area is 119 Å². The van der Waals surface area contributed by atoms with Crippen LogP contribution in [0.5, 0.6) is 0 Å². The van der Waals surface area contributed by atoms with E-state index in [-0.39, 0.29) is 5.60 Å². The van der Waals surface area contributed by atoms with E-state index in [2.05, 4.69) is 45.0 Å². The largest absolute Gasteiger partial charge is 0.373 e. The lowest BCUT2D eigenvalue weighted by molar-refractivity contribution is -0.0926. The molecule has 1 aliphatic heterocycles. The number of morpholine rings is 1. The molecule has 19 heavy (non-hydrogen) atoms. The molecule has 1 N–H and O–H groups in total. The number of hydrogen-bond donors (Lipinski definition) is 1. The van der Waals surface area contributed by atoms with E-state index in [1.54, 1.807) is 0 Å². The maximum Gasteiger partial charge on any atom is 0.0753 e. The second kappa shape index (κ2) is 5.71. The molecule has 1 saturated carbocycles. The smallest absolute Gasteiger partial charge is 0.0753 e. The summed E-state index contributed by atoms with van der Waals surface area (Å²) in [7, 11) is 2.13. The van der Waals surface area contributed by atoms with Gasteiger partial charge in [-0.2, -0.15) is 0 Å². The molecule has 3 heteroatoms. The van der Waals surface area contributed by atoms with Crippen LogP contribution in [-0.2, 0) is 4.74 Å². The predicted octanol–water partition coefficient (Wildman–Crippen LogP) is 2.51. The molecule has 0 aromatic carbocycles. The van der Waals surface area contributed by atoms with Crippen LogP contribution >= 0.6 is 0 Å². The average Bonchev–Trinajstić information content (AvgIpc) is 2.26. The third-order valence-corrected chi connectivity index (χ3v) is 5.02. The second-order valence-corrected chi connectivity index (χ2v) is 7.75. The molecule has 2 unspecified atom stereocenters. The summed E-state index contributed by atoms with van der Waals surface area (Å²) in [5.41, 5.74) is 0.455. The van der Waals surface area contributed by atoms with Gasteiger partial charge in [0.2, 0.25) is 0 Å². The molecule has 2 aliphatic rings. The summed E-state index contributed by atoms with van der Waals surface area (Å²) in [4.78, 5) is 2.61. The zero-order chi connectivity index (χ0) is 14.1. The summed E-state index contributed by atoms with van der Waals surface area (Å²) in [5, 5.41) is 3.60. The van der Waals surface area contributed by atoms with Crippen molar-refractivity contribution >= 4 is 0 Å². The molecule has 1 heterocycles. The van der Waals surface area contributed by atoms with Gasteiger partial charge in [-0.05, 0) is 45.1 Å². The van der Waals surface area contributed by atoms with Gasteiger partial charge in [0.05, 0.1) is 12.2 Å². The summed E-state index contributed by atoms with van der Waals surface area (Å²) in [6, 6.07) is 0.646. The van der Waals surface area contributed by atoms with Crippen molar-refractivity contribution in [1.82, 2.24) is 10.2 Å². The Kier molecular flexibility index (Phi) is 4.59. The van der Waals surface area contributed by atoms with E-state index in [9.17, 15) is 0 Å². The summed E-state index contributed by atoms with van der Waals surface area (Å²) in [6.07, 6.45) is 4.10. The highest BCUT2D eigenvalue weighted by Crippen LogP contribution is 2.39. The van der Waals surface area contributed by atoms with Crippen LogP contribution in [0.4, 0.5) is 0 Å². The zero-order valence-electron chi connectivity index (χ0n) is 13.5. The quantitative estimate of drug-likeness (QED) is 0.851. The minimum atomic E-state index is 0.0254. The van der Waals surface area contributed by atoms with Crippen molar-refractivity contribution in [2.45, 2.75) is 58.6 Å². The van der Waals surface area contributed by atoms with Crippen LogP contribution in [0.15, 0.2) is 0 Å². The standard InChI is InChI=1S/C16H32N2O/c1-15(2)8-6-7-13(14(15)17-5)11-18-9-10-19-16(3,4)12-18/h13-14,17H,6-12H2,1-5H3. The molecule has 0 bridgehead atoms. The molecule has 0 spiro atoms. The number of rotatable bonds is 3. The van der Waals surface area contributed by atoms with Gasteiger partial charge in [-0.3, -0.25) is 4.90 Å². The van der Waals surface area contributed by atoms with Crippen LogP contribution in [0, 0.1) is 11.3 Å². The molecule has 0 radical (unpaired) electrons. The van der Waals surface area contributed by atoms with Crippen molar-refractivity contribution in [2.24, 2.45) is 11.3 Å². The van der Waals surface area contributed by atoms with Crippen molar-refractivity contribution in [3.05, 3.63) is 0 Å². The van der Waals surface area contributed by atoms with Crippen molar-refractivity contribution < 1.29 is 4.74 Å². The van der Waals surface area contributed by atoms with Crippen LogP contribution in [0.3, 0.4) is 0 Å². The lowest BCUT2D eigenvalue weighted by Crippen LogP contribution is -2.55. The Bertz CT molecular complexity index is 301. The van der Waals surface area contributed by atoms with Gasteiger partial charge in [0, 0.05) is 25.7 Å². The minimum Gasteiger partial charge on any atom is -0.373 e. The molecule has 2 fully saturated rings. The Morgan fingerprint density at radius 1 is 1.26 bits per heavy atom. The Morgan fingerprint density at radius 2 is 2.00 bits per heavy atom. The highest BCUT2D eigenvalue weighted by atomic mass is 16.5. The van der Waals surface area contributed by atoms with Gasteiger partial charge in [-0.15, -0.1) is 0 Å². The predicted molar refractivity (Wildman–Crippen MR) is 80.4 cm³/mol. The average molecular weight is 268 g/mol. The van der Waals surface area contributed by atoms with E-state index in [4.69, 9.17) is 4.74 Å². The first kappa shape index (κ1) is 15.3. The van der Waals surface area contributed by atoms with Crippen molar-refractivity contribution in [3.63, 3.8) is 0 Å². The summed E-state index contributed by atoms with van der Waals surface area (Å²) in [6.45, 7) is 13.5. The topological polar surface area (TPSA) is 24.5 Å². The first-order valence-electron chi connectivity index (χ1n) is 7.88. The number of hydrogen-bond acceptors (Lipinski definition) is 3. The minimum absolute atomic E-state index is 0.0254. The fraction of sp³-hybridized carbons (Fsp3) is 1.00. The third-order valence-electron chi connectivity index (χ3n) is 5.02. The summed E-state index contributed by atoms with van der Waals surface area (Å²) in [5.74, 6) is 0.780. The van der Waals surface area contributed by atoms with Gasteiger partial charge < -0.3 is 10.1 Å². The summed E-state index contributed by atoms with van der Waals surface area (Å²) >= 11 is 0. The van der Waals surface area contributed by atoms with Gasteiger partial charge in [-0.1, -0.05) is 20.3 Å². The molecule has 0 amide bonds. The molecule has 0 aromatic rings. The number of nitrogens with one attached hydrogen (secondary N) is 1. The molecule has 1 saturated heterocycles. The van der Waals surface area contributed by atoms with Crippen LogP contribution < -0.4 is 5.32 Å². The molecular weight excluding hydrogens is 236 g/mol. The van der Waals surface area contributed by atoms with Crippen molar-refractivity contribution in [1.29, 1.82) is 0 Å². The molecule has 112 valence electrons. The van der Waals surface area contributed by atoms with Gasteiger partial charge in [0.15, 0.2) is 0 Å². The lowest BCUT2D eigenvalue weighted by Gasteiger charge is -2.47. The highest BCUT2D eigenvalue weighted by molar-refractivity contribution is 4.94. The van der Waals surface area contributed by atoms with Gasteiger partial charge in [0.1, 0.15) is 0 Å². The Hall–Kier alpha value is -0.120. The van der Waals surface area contributed by atoms with Crippen LogP contribution in [-0.4, -0.2) is 49.8 Å². The van der Waals surface area contributed by atoms with E-state index in [1.165, 1.54) is 25.8 Å².